The van der Waals surface area contributed by atoms with E-state index in [-0.39, 0.29) is 6.61 Å². The number of nitrogens with zero attached hydrogens (tertiary/aromatic N) is 3. The number of aryl methyl sites for hydroxylation is 1. The molecule has 0 aliphatic heterocycles. The van der Waals surface area contributed by atoms with Gasteiger partial charge in [-0.2, -0.15) is 0 Å². The van der Waals surface area contributed by atoms with Crippen LogP contribution in [0, 0.1) is 18.6 Å². The van der Waals surface area contributed by atoms with Gasteiger partial charge in [-0.25, -0.2) is 13.5 Å². The van der Waals surface area contributed by atoms with Crippen molar-refractivity contribution in [1.82, 2.24) is 15.0 Å². The Balaban J connectivity index is 2.07. The van der Waals surface area contributed by atoms with E-state index in [0.717, 1.165) is 23.3 Å². The Morgan fingerprint density at radius 2 is 1.87 bits per heavy atom. The lowest BCUT2D eigenvalue weighted by Gasteiger charge is -2.10. The summed E-state index contributed by atoms with van der Waals surface area (Å²) in [5.74, 6) is -1.87. The third-order valence-corrected chi connectivity index (χ3v) is 3.73. The molecule has 0 atom stereocenters. The first-order chi connectivity index (χ1) is 11.1. The maximum absolute atomic E-state index is 13.5. The van der Waals surface area contributed by atoms with Gasteiger partial charge in [-0.1, -0.05) is 29.5 Å². The van der Waals surface area contributed by atoms with Gasteiger partial charge in [0.25, 0.3) is 0 Å². The van der Waals surface area contributed by atoms with Gasteiger partial charge >= 0.3 is 0 Å². The van der Waals surface area contributed by atoms with Crippen molar-refractivity contribution in [3.8, 4) is 11.3 Å². The number of rotatable bonds is 4. The Morgan fingerprint density at radius 1 is 1.09 bits per heavy atom. The van der Waals surface area contributed by atoms with E-state index < -0.39 is 11.6 Å². The van der Waals surface area contributed by atoms with Gasteiger partial charge in [0.15, 0.2) is 11.6 Å². The molecule has 3 rings (SSSR count). The van der Waals surface area contributed by atoms with E-state index in [1.807, 2.05) is 31.2 Å². The van der Waals surface area contributed by atoms with Gasteiger partial charge in [0.05, 0.1) is 18.8 Å². The first kappa shape index (κ1) is 15.3. The monoisotopic (exact) mass is 315 g/mol. The van der Waals surface area contributed by atoms with Gasteiger partial charge < -0.3 is 5.11 Å². The van der Waals surface area contributed by atoms with Crippen molar-refractivity contribution in [2.45, 2.75) is 20.1 Å². The molecule has 4 nitrogen and oxygen atoms in total. The molecule has 2 aromatic carbocycles. The smallest absolute Gasteiger partial charge is 0.159 e. The quantitative estimate of drug-likeness (QED) is 0.805. The predicted octanol–water partition coefficient (Wildman–Crippen LogP) is 3.07. The van der Waals surface area contributed by atoms with Crippen LogP contribution in [0.3, 0.4) is 0 Å². The highest BCUT2D eigenvalue weighted by atomic mass is 19.2. The number of aromatic nitrogens is 3. The molecule has 0 bridgehead atoms. The van der Waals surface area contributed by atoms with Gasteiger partial charge in [-0.3, -0.25) is 0 Å². The average Bonchev–Trinajstić information content (AvgIpc) is 2.95. The molecule has 0 amide bonds. The minimum atomic E-state index is -0.949. The van der Waals surface area contributed by atoms with Crippen LogP contribution in [0.5, 0.6) is 0 Å². The SMILES string of the molecule is Cc1ccccc1Cn1nnc(CO)c1-c1ccc(F)c(F)c1. The zero-order valence-corrected chi connectivity index (χ0v) is 12.5. The molecule has 0 saturated heterocycles. The second kappa shape index (κ2) is 6.26. The van der Waals surface area contributed by atoms with Crippen molar-refractivity contribution in [2.24, 2.45) is 0 Å². The molecule has 3 aromatic rings. The Bertz CT molecular complexity index is 846. The fraction of sp³-hybridized carbons (Fsp3) is 0.176. The summed E-state index contributed by atoms with van der Waals surface area (Å²) < 4.78 is 28.3. The standard InChI is InChI=1S/C17H15F2N3O/c1-11-4-2-3-5-13(11)9-22-17(16(10-23)20-21-22)12-6-7-14(18)15(19)8-12/h2-8,23H,9-10H2,1H3. The highest BCUT2D eigenvalue weighted by molar-refractivity contribution is 5.62. The zero-order valence-electron chi connectivity index (χ0n) is 12.5. The average molecular weight is 315 g/mol. The molecule has 0 saturated carbocycles. The Labute approximate surface area is 132 Å². The molecule has 1 N–H and O–H groups in total. The van der Waals surface area contributed by atoms with E-state index >= 15 is 0 Å². The number of aliphatic hydroxyl groups is 1. The third kappa shape index (κ3) is 2.98. The van der Waals surface area contributed by atoms with Gasteiger partial charge in [0, 0.05) is 5.56 Å². The van der Waals surface area contributed by atoms with E-state index in [4.69, 9.17) is 0 Å². The van der Waals surface area contributed by atoms with Crippen molar-refractivity contribution in [3.63, 3.8) is 0 Å². The first-order valence-corrected chi connectivity index (χ1v) is 7.13. The second-order valence-electron chi connectivity index (χ2n) is 5.26. The molecule has 0 fully saturated rings. The second-order valence-corrected chi connectivity index (χ2v) is 5.26. The van der Waals surface area contributed by atoms with Crippen LogP contribution < -0.4 is 0 Å². The molecule has 118 valence electrons. The van der Waals surface area contributed by atoms with E-state index in [0.29, 0.717) is 23.5 Å². The van der Waals surface area contributed by atoms with Crippen molar-refractivity contribution in [3.05, 3.63) is 70.9 Å². The Hall–Kier alpha value is -2.60. The number of halogens is 2. The Kier molecular flexibility index (Phi) is 4.16. The molecule has 6 heteroatoms. The van der Waals surface area contributed by atoms with Gasteiger partial charge in [0.1, 0.15) is 5.69 Å². The lowest BCUT2D eigenvalue weighted by molar-refractivity contribution is 0.277. The summed E-state index contributed by atoms with van der Waals surface area (Å²) in [5, 5.41) is 17.4. The fourth-order valence-electron chi connectivity index (χ4n) is 2.47. The summed E-state index contributed by atoms with van der Waals surface area (Å²) in [6.45, 7) is 2.08. The minimum Gasteiger partial charge on any atom is -0.390 e. The number of hydrogen-bond acceptors (Lipinski definition) is 3. The third-order valence-electron chi connectivity index (χ3n) is 3.73. The maximum atomic E-state index is 13.5. The van der Waals surface area contributed by atoms with Gasteiger partial charge in [0.2, 0.25) is 0 Å². The molecule has 0 aliphatic rings. The molecule has 23 heavy (non-hydrogen) atoms. The lowest BCUT2D eigenvalue weighted by Crippen LogP contribution is -2.06. The summed E-state index contributed by atoms with van der Waals surface area (Å²) in [4.78, 5) is 0. The van der Waals surface area contributed by atoms with Crippen LogP contribution in [0.2, 0.25) is 0 Å². The summed E-state index contributed by atoms with van der Waals surface area (Å²) >= 11 is 0. The van der Waals surface area contributed by atoms with Crippen LogP contribution in [0.15, 0.2) is 42.5 Å². The van der Waals surface area contributed by atoms with E-state index in [1.165, 1.54) is 6.07 Å². The van der Waals surface area contributed by atoms with Gasteiger partial charge in [-0.15, -0.1) is 5.10 Å². The molecule has 0 radical (unpaired) electrons. The zero-order chi connectivity index (χ0) is 16.4. The molecular formula is C17H15F2N3O. The van der Waals surface area contributed by atoms with E-state index in [9.17, 15) is 13.9 Å². The summed E-state index contributed by atoms with van der Waals surface area (Å²) in [6, 6.07) is 11.4. The van der Waals surface area contributed by atoms with Crippen molar-refractivity contribution in [1.29, 1.82) is 0 Å². The van der Waals surface area contributed by atoms with Crippen LogP contribution in [0.4, 0.5) is 8.78 Å². The number of hydrogen-bond donors (Lipinski definition) is 1. The first-order valence-electron chi connectivity index (χ1n) is 7.13. The van der Waals surface area contributed by atoms with Crippen LogP contribution in [0.25, 0.3) is 11.3 Å². The van der Waals surface area contributed by atoms with Crippen molar-refractivity contribution >= 4 is 0 Å². The molecule has 0 aliphatic carbocycles. The fourth-order valence-corrected chi connectivity index (χ4v) is 2.47. The van der Waals surface area contributed by atoms with Crippen LogP contribution in [-0.2, 0) is 13.2 Å². The number of benzene rings is 2. The van der Waals surface area contributed by atoms with E-state index in [1.54, 1.807) is 4.68 Å². The van der Waals surface area contributed by atoms with Gasteiger partial charge in [-0.05, 0) is 36.2 Å². The van der Waals surface area contributed by atoms with Crippen LogP contribution in [-0.4, -0.2) is 20.1 Å². The summed E-state index contributed by atoms with van der Waals surface area (Å²) in [5.41, 5.74) is 3.35. The summed E-state index contributed by atoms with van der Waals surface area (Å²) in [6.07, 6.45) is 0. The normalized spacial score (nSPS) is 11.0. The highest BCUT2D eigenvalue weighted by Gasteiger charge is 2.16. The Morgan fingerprint density at radius 3 is 2.57 bits per heavy atom. The number of aliphatic hydroxyl groups excluding tert-OH is 1. The molecule has 1 heterocycles. The van der Waals surface area contributed by atoms with Crippen molar-refractivity contribution in [2.75, 3.05) is 0 Å². The van der Waals surface area contributed by atoms with Crippen LogP contribution in [0.1, 0.15) is 16.8 Å². The van der Waals surface area contributed by atoms with Crippen LogP contribution >= 0.6 is 0 Å². The molecule has 0 unspecified atom stereocenters. The highest BCUT2D eigenvalue weighted by Crippen LogP contribution is 2.25. The topological polar surface area (TPSA) is 50.9 Å². The molecule has 0 spiro atoms. The van der Waals surface area contributed by atoms with E-state index in [2.05, 4.69) is 10.3 Å². The maximum Gasteiger partial charge on any atom is 0.159 e. The largest absolute Gasteiger partial charge is 0.390 e. The lowest BCUT2D eigenvalue weighted by atomic mass is 10.1. The van der Waals surface area contributed by atoms with Crippen molar-refractivity contribution < 1.29 is 13.9 Å². The summed E-state index contributed by atoms with van der Waals surface area (Å²) in [7, 11) is 0. The predicted molar refractivity (Wildman–Crippen MR) is 81.6 cm³/mol. The molecule has 1 aromatic heterocycles. The minimum absolute atomic E-state index is 0.324. The molecular weight excluding hydrogens is 300 g/mol.